The van der Waals surface area contributed by atoms with Crippen LogP contribution < -0.4 is 15.4 Å². The van der Waals surface area contributed by atoms with E-state index in [-0.39, 0.29) is 24.0 Å². The summed E-state index contributed by atoms with van der Waals surface area (Å²) in [5.74, 6) is 2.53. The predicted molar refractivity (Wildman–Crippen MR) is 131 cm³/mol. The molecule has 0 radical (unpaired) electrons. The van der Waals surface area contributed by atoms with Crippen LogP contribution in [0, 0.1) is 6.92 Å². The van der Waals surface area contributed by atoms with Gasteiger partial charge in [-0.25, -0.2) is 0 Å². The monoisotopic (exact) mass is 521 g/mol. The van der Waals surface area contributed by atoms with Gasteiger partial charge >= 0.3 is 0 Å². The minimum Gasteiger partial charge on any atom is -0.494 e. The maximum absolute atomic E-state index is 12.1. The first-order valence-electron chi connectivity index (χ1n) is 10.2. The third kappa shape index (κ3) is 9.11. The number of aryl methyl sites for hydroxylation is 1. The molecule has 0 bridgehead atoms. The Morgan fingerprint density at radius 3 is 2.68 bits per heavy atom. The van der Waals surface area contributed by atoms with Gasteiger partial charge in [-0.15, -0.1) is 24.0 Å². The van der Waals surface area contributed by atoms with Crippen LogP contribution in [-0.2, 0) is 10.8 Å². The van der Waals surface area contributed by atoms with E-state index in [2.05, 4.69) is 41.6 Å². The van der Waals surface area contributed by atoms with Gasteiger partial charge in [0.15, 0.2) is 5.96 Å². The molecule has 2 N–H and O–H groups in total. The number of benzene rings is 1. The van der Waals surface area contributed by atoms with Gasteiger partial charge in [0.25, 0.3) is 0 Å². The number of hydrogen-bond acceptors (Lipinski definition) is 3. The average Bonchev–Trinajstić information content (AvgIpc) is 2.69. The van der Waals surface area contributed by atoms with E-state index in [9.17, 15) is 4.21 Å². The maximum atomic E-state index is 12.1. The van der Waals surface area contributed by atoms with E-state index in [0.29, 0.717) is 17.9 Å². The number of nitrogens with zero attached hydrogens (tertiary/aromatic N) is 1. The molecule has 1 fully saturated rings. The zero-order chi connectivity index (χ0) is 19.5. The Morgan fingerprint density at radius 2 is 2.00 bits per heavy atom. The minimum atomic E-state index is -0.697. The van der Waals surface area contributed by atoms with Gasteiger partial charge in [-0.05, 0) is 45.2 Å². The van der Waals surface area contributed by atoms with E-state index in [0.717, 1.165) is 62.7 Å². The summed E-state index contributed by atoms with van der Waals surface area (Å²) in [6.45, 7) is 8.38. The predicted octanol–water partition coefficient (Wildman–Crippen LogP) is 4.02. The molecule has 3 unspecified atom stereocenters. The van der Waals surface area contributed by atoms with Crippen LogP contribution in [0.2, 0.25) is 0 Å². The lowest BCUT2D eigenvalue weighted by Crippen LogP contribution is -2.46. The van der Waals surface area contributed by atoms with Crippen molar-refractivity contribution in [2.24, 2.45) is 4.99 Å². The Bertz CT molecular complexity index is 610. The lowest BCUT2D eigenvalue weighted by atomic mass is 9.95. The van der Waals surface area contributed by atoms with Gasteiger partial charge in [0.2, 0.25) is 0 Å². The molecule has 3 atom stereocenters. The fraction of sp³-hybridized carbons (Fsp3) is 0.667. The van der Waals surface area contributed by atoms with Crippen LogP contribution >= 0.6 is 24.0 Å². The van der Waals surface area contributed by atoms with Crippen LogP contribution in [0.4, 0.5) is 0 Å². The van der Waals surface area contributed by atoms with Gasteiger partial charge < -0.3 is 15.4 Å². The SMILES string of the molecule is CCNC(=NCCCOc1ccc(C)cc1)NC1CCCC(S(=O)CC)C1.I. The van der Waals surface area contributed by atoms with Gasteiger partial charge in [-0.1, -0.05) is 31.0 Å². The first kappa shape index (κ1) is 25.2. The second kappa shape index (κ2) is 14.2. The van der Waals surface area contributed by atoms with Crippen molar-refractivity contribution >= 4 is 40.7 Å². The summed E-state index contributed by atoms with van der Waals surface area (Å²) in [5.41, 5.74) is 1.24. The number of ether oxygens (including phenoxy) is 1. The van der Waals surface area contributed by atoms with Crippen LogP contribution in [0.25, 0.3) is 0 Å². The number of aliphatic imine (C=N–C) groups is 1. The van der Waals surface area contributed by atoms with E-state index in [1.807, 2.05) is 19.1 Å². The number of hydrogen-bond donors (Lipinski definition) is 2. The van der Waals surface area contributed by atoms with E-state index < -0.39 is 10.8 Å². The first-order valence-corrected chi connectivity index (χ1v) is 11.6. The molecule has 160 valence electrons. The van der Waals surface area contributed by atoms with Crippen molar-refractivity contribution in [3.05, 3.63) is 29.8 Å². The average molecular weight is 522 g/mol. The summed E-state index contributed by atoms with van der Waals surface area (Å²) >= 11 is 0. The summed E-state index contributed by atoms with van der Waals surface area (Å²) in [6, 6.07) is 8.49. The van der Waals surface area contributed by atoms with E-state index in [1.54, 1.807) is 0 Å². The summed E-state index contributed by atoms with van der Waals surface area (Å²) in [7, 11) is -0.697. The molecular weight excluding hydrogens is 485 g/mol. The third-order valence-electron chi connectivity index (χ3n) is 4.83. The summed E-state index contributed by atoms with van der Waals surface area (Å²) < 4.78 is 17.9. The fourth-order valence-corrected chi connectivity index (χ4v) is 4.69. The van der Waals surface area contributed by atoms with Gasteiger partial charge in [0.1, 0.15) is 5.75 Å². The molecule has 1 aromatic rings. The number of guanidine groups is 1. The number of halogens is 1. The van der Waals surface area contributed by atoms with Gasteiger partial charge in [-0.2, -0.15) is 0 Å². The molecule has 28 heavy (non-hydrogen) atoms. The highest BCUT2D eigenvalue weighted by molar-refractivity contribution is 14.0. The zero-order valence-electron chi connectivity index (χ0n) is 17.4. The van der Waals surface area contributed by atoms with Crippen LogP contribution in [-0.4, -0.2) is 46.9 Å². The Kier molecular flexibility index (Phi) is 12.8. The van der Waals surface area contributed by atoms with E-state index >= 15 is 0 Å². The van der Waals surface area contributed by atoms with Crippen molar-refractivity contribution in [3.8, 4) is 5.75 Å². The van der Waals surface area contributed by atoms with Crippen LogP contribution in [0.15, 0.2) is 29.3 Å². The summed E-state index contributed by atoms with van der Waals surface area (Å²) in [6.07, 6.45) is 5.19. The molecule has 0 amide bonds. The van der Waals surface area contributed by atoms with Crippen LogP contribution in [0.5, 0.6) is 5.75 Å². The van der Waals surface area contributed by atoms with Gasteiger partial charge in [-0.3, -0.25) is 9.20 Å². The molecule has 1 aromatic carbocycles. The van der Waals surface area contributed by atoms with Crippen molar-refractivity contribution in [1.82, 2.24) is 10.6 Å². The quantitative estimate of drug-likeness (QED) is 0.223. The van der Waals surface area contributed by atoms with E-state index in [1.165, 1.54) is 5.56 Å². The standard InChI is InChI=1S/C21H35N3O2S.HI/c1-4-22-21(24-18-8-6-9-20(16-18)27(25)5-2)23-14-7-15-26-19-12-10-17(3)11-13-19;/h10-13,18,20H,4-9,14-16H2,1-3H3,(H2,22,23,24);1H. The number of rotatable bonds is 9. The Morgan fingerprint density at radius 1 is 1.25 bits per heavy atom. The molecule has 1 aliphatic rings. The molecule has 1 saturated carbocycles. The molecule has 0 spiro atoms. The molecule has 0 aromatic heterocycles. The highest BCUT2D eigenvalue weighted by atomic mass is 127. The fourth-order valence-electron chi connectivity index (χ4n) is 3.34. The molecule has 5 nitrogen and oxygen atoms in total. The van der Waals surface area contributed by atoms with Gasteiger partial charge in [0.05, 0.1) is 6.61 Å². The third-order valence-corrected chi connectivity index (χ3v) is 6.57. The Labute approximate surface area is 190 Å². The molecule has 0 saturated heterocycles. The lowest BCUT2D eigenvalue weighted by Gasteiger charge is -2.30. The van der Waals surface area contributed by atoms with Gasteiger partial charge in [0, 0.05) is 47.4 Å². The lowest BCUT2D eigenvalue weighted by molar-refractivity contribution is 0.313. The summed E-state index contributed by atoms with van der Waals surface area (Å²) in [4.78, 5) is 4.68. The largest absolute Gasteiger partial charge is 0.494 e. The molecule has 2 rings (SSSR count). The van der Waals surface area contributed by atoms with E-state index in [4.69, 9.17) is 4.74 Å². The van der Waals surface area contributed by atoms with Crippen molar-refractivity contribution in [1.29, 1.82) is 0 Å². The highest BCUT2D eigenvalue weighted by Gasteiger charge is 2.25. The second-order valence-electron chi connectivity index (χ2n) is 7.08. The normalized spacial score (nSPS) is 20.8. The maximum Gasteiger partial charge on any atom is 0.191 e. The van der Waals surface area contributed by atoms with Crippen molar-refractivity contribution in [2.45, 2.75) is 64.2 Å². The van der Waals surface area contributed by atoms with Crippen LogP contribution in [0.1, 0.15) is 51.5 Å². The first-order chi connectivity index (χ1) is 13.1. The molecular formula is C21H36IN3O2S. The molecule has 0 aliphatic heterocycles. The topological polar surface area (TPSA) is 62.7 Å². The zero-order valence-corrected chi connectivity index (χ0v) is 20.6. The Balaban J connectivity index is 0.00000392. The van der Waals surface area contributed by atoms with Crippen molar-refractivity contribution in [3.63, 3.8) is 0 Å². The molecule has 7 heteroatoms. The molecule has 0 heterocycles. The van der Waals surface area contributed by atoms with Crippen molar-refractivity contribution < 1.29 is 8.95 Å². The smallest absolute Gasteiger partial charge is 0.191 e. The van der Waals surface area contributed by atoms with Crippen LogP contribution in [0.3, 0.4) is 0 Å². The number of nitrogens with one attached hydrogen (secondary N) is 2. The summed E-state index contributed by atoms with van der Waals surface area (Å²) in [5, 5.41) is 7.20. The van der Waals surface area contributed by atoms with Crippen molar-refractivity contribution in [2.75, 3.05) is 25.4 Å². The Hall–Kier alpha value is -0.830. The molecule has 1 aliphatic carbocycles. The minimum absolute atomic E-state index is 0. The highest BCUT2D eigenvalue weighted by Crippen LogP contribution is 2.23. The second-order valence-corrected chi connectivity index (χ2v) is 9.08.